The Labute approximate surface area is 117 Å². The molecule has 0 aliphatic rings. The molecule has 1 aromatic heterocycles. The third-order valence-corrected chi connectivity index (χ3v) is 4.64. The van der Waals surface area contributed by atoms with E-state index in [9.17, 15) is 8.42 Å². The van der Waals surface area contributed by atoms with Crippen LogP contribution < -0.4 is 10.5 Å². The van der Waals surface area contributed by atoms with Crippen LogP contribution in [-0.2, 0) is 16.4 Å². The van der Waals surface area contributed by atoms with E-state index in [0.29, 0.717) is 23.5 Å². The van der Waals surface area contributed by atoms with Crippen LogP contribution in [0.15, 0.2) is 23.4 Å². The van der Waals surface area contributed by atoms with Gasteiger partial charge in [0.2, 0.25) is 10.0 Å². The fourth-order valence-corrected chi connectivity index (χ4v) is 3.25. The van der Waals surface area contributed by atoms with Gasteiger partial charge in [0.1, 0.15) is 12.2 Å². The summed E-state index contributed by atoms with van der Waals surface area (Å²) in [5, 5.41) is 6.38. The van der Waals surface area contributed by atoms with E-state index in [1.165, 1.54) is 12.4 Å². The lowest BCUT2D eigenvalue weighted by Gasteiger charge is -2.12. The Morgan fingerprint density at radius 3 is 2.75 bits per heavy atom. The zero-order valence-electron chi connectivity index (χ0n) is 11.3. The minimum Gasteiger partial charge on any atom is -0.399 e. The summed E-state index contributed by atoms with van der Waals surface area (Å²) in [5.41, 5.74) is 7.70. The third kappa shape index (κ3) is 3.14. The molecule has 1 heterocycles. The molecule has 0 aliphatic carbocycles. The van der Waals surface area contributed by atoms with Crippen LogP contribution in [0.25, 0.3) is 0 Å². The lowest BCUT2D eigenvalue weighted by atomic mass is 10.1. The normalized spacial score (nSPS) is 11.7. The molecule has 0 aliphatic heterocycles. The summed E-state index contributed by atoms with van der Waals surface area (Å²) in [4.78, 5) is 4.15. The average molecular weight is 295 g/mol. The number of benzene rings is 1. The van der Waals surface area contributed by atoms with E-state index in [2.05, 4.69) is 19.9 Å². The highest BCUT2D eigenvalue weighted by atomic mass is 32.2. The van der Waals surface area contributed by atoms with Gasteiger partial charge < -0.3 is 5.73 Å². The molecule has 0 saturated carbocycles. The number of aromatic amines is 1. The highest BCUT2D eigenvalue weighted by molar-refractivity contribution is 7.89. The van der Waals surface area contributed by atoms with E-state index in [1.54, 1.807) is 13.0 Å². The van der Waals surface area contributed by atoms with Crippen LogP contribution >= 0.6 is 0 Å². The monoisotopic (exact) mass is 295 g/mol. The van der Waals surface area contributed by atoms with Gasteiger partial charge >= 0.3 is 0 Å². The molecule has 20 heavy (non-hydrogen) atoms. The zero-order valence-corrected chi connectivity index (χ0v) is 12.2. The van der Waals surface area contributed by atoms with Crippen molar-refractivity contribution in [2.24, 2.45) is 0 Å². The Hall–Kier alpha value is -1.93. The molecule has 0 amide bonds. The SMILES string of the molecule is Cc1cc(N)cc(S(=O)(=O)NCCc2ncn[nH]2)c1C. The van der Waals surface area contributed by atoms with Crippen molar-refractivity contribution in [2.75, 3.05) is 12.3 Å². The van der Waals surface area contributed by atoms with Gasteiger partial charge in [-0.15, -0.1) is 0 Å². The van der Waals surface area contributed by atoms with Crippen molar-refractivity contribution in [3.63, 3.8) is 0 Å². The van der Waals surface area contributed by atoms with Gasteiger partial charge in [-0.3, -0.25) is 5.10 Å². The molecule has 2 rings (SSSR count). The largest absolute Gasteiger partial charge is 0.399 e. The molecule has 0 atom stereocenters. The summed E-state index contributed by atoms with van der Waals surface area (Å²) >= 11 is 0. The molecule has 0 fully saturated rings. The molecule has 1 aromatic carbocycles. The highest BCUT2D eigenvalue weighted by Gasteiger charge is 2.18. The number of nitrogens with one attached hydrogen (secondary N) is 2. The maximum Gasteiger partial charge on any atom is 0.240 e. The topological polar surface area (TPSA) is 114 Å². The second-order valence-corrected chi connectivity index (χ2v) is 6.28. The third-order valence-electron chi connectivity index (χ3n) is 3.05. The summed E-state index contributed by atoms with van der Waals surface area (Å²) < 4.78 is 27.1. The highest BCUT2D eigenvalue weighted by Crippen LogP contribution is 2.22. The summed E-state index contributed by atoms with van der Waals surface area (Å²) in [5.74, 6) is 0.633. The molecule has 4 N–H and O–H groups in total. The number of H-pyrrole nitrogens is 1. The number of aromatic nitrogens is 3. The average Bonchev–Trinajstić information content (AvgIpc) is 2.86. The maximum atomic E-state index is 12.3. The van der Waals surface area contributed by atoms with Crippen LogP contribution in [0.3, 0.4) is 0 Å². The van der Waals surface area contributed by atoms with Crippen molar-refractivity contribution in [3.05, 3.63) is 35.4 Å². The Balaban J connectivity index is 2.14. The van der Waals surface area contributed by atoms with E-state index in [4.69, 9.17) is 5.73 Å². The van der Waals surface area contributed by atoms with E-state index >= 15 is 0 Å². The molecule has 0 unspecified atom stereocenters. The molecule has 0 radical (unpaired) electrons. The van der Waals surface area contributed by atoms with Gasteiger partial charge in [0.05, 0.1) is 4.90 Å². The Bertz CT molecular complexity index is 695. The lowest BCUT2D eigenvalue weighted by molar-refractivity contribution is 0.580. The summed E-state index contributed by atoms with van der Waals surface area (Å²) in [6.07, 6.45) is 1.83. The smallest absolute Gasteiger partial charge is 0.240 e. The minimum absolute atomic E-state index is 0.215. The zero-order chi connectivity index (χ0) is 14.8. The minimum atomic E-state index is -3.58. The number of nitrogens with zero attached hydrogens (tertiary/aromatic N) is 2. The van der Waals surface area contributed by atoms with Crippen LogP contribution in [0.2, 0.25) is 0 Å². The number of aryl methyl sites for hydroxylation is 1. The van der Waals surface area contributed by atoms with Crippen LogP contribution in [0.5, 0.6) is 0 Å². The quantitative estimate of drug-likeness (QED) is 0.696. The lowest BCUT2D eigenvalue weighted by Crippen LogP contribution is -2.27. The Kier molecular flexibility index (Phi) is 4.05. The van der Waals surface area contributed by atoms with E-state index < -0.39 is 10.0 Å². The van der Waals surface area contributed by atoms with E-state index in [-0.39, 0.29) is 11.4 Å². The number of hydrogen-bond donors (Lipinski definition) is 3. The first kappa shape index (κ1) is 14.5. The van der Waals surface area contributed by atoms with Crippen molar-refractivity contribution < 1.29 is 8.42 Å². The Morgan fingerprint density at radius 2 is 2.10 bits per heavy atom. The van der Waals surface area contributed by atoms with Crippen molar-refractivity contribution in [1.29, 1.82) is 0 Å². The first-order chi connectivity index (χ1) is 9.40. The number of nitrogens with two attached hydrogens (primary N) is 1. The van der Waals surface area contributed by atoms with E-state index in [1.807, 2.05) is 6.92 Å². The summed E-state index contributed by atoms with van der Waals surface area (Å²) in [6.45, 7) is 3.84. The number of anilines is 1. The number of nitrogen functional groups attached to an aromatic ring is 1. The van der Waals surface area contributed by atoms with Gasteiger partial charge in [-0.1, -0.05) is 0 Å². The van der Waals surface area contributed by atoms with Crippen LogP contribution in [0.1, 0.15) is 17.0 Å². The van der Waals surface area contributed by atoms with Gasteiger partial charge in [-0.25, -0.2) is 18.1 Å². The van der Waals surface area contributed by atoms with Gasteiger partial charge in [0, 0.05) is 18.7 Å². The molecule has 0 saturated heterocycles. The fourth-order valence-electron chi connectivity index (χ4n) is 1.87. The van der Waals surface area contributed by atoms with Gasteiger partial charge in [-0.2, -0.15) is 5.10 Å². The fraction of sp³-hybridized carbons (Fsp3) is 0.333. The van der Waals surface area contributed by atoms with Crippen LogP contribution in [-0.4, -0.2) is 30.1 Å². The first-order valence-electron chi connectivity index (χ1n) is 6.11. The van der Waals surface area contributed by atoms with Gasteiger partial charge in [0.25, 0.3) is 0 Å². The maximum absolute atomic E-state index is 12.3. The molecule has 8 heteroatoms. The number of rotatable bonds is 5. The molecular formula is C12H17N5O2S. The molecule has 0 spiro atoms. The van der Waals surface area contributed by atoms with Crippen LogP contribution in [0.4, 0.5) is 5.69 Å². The van der Waals surface area contributed by atoms with Crippen molar-refractivity contribution in [2.45, 2.75) is 25.2 Å². The summed E-state index contributed by atoms with van der Waals surface area (Å²) in [6, 6.07) is 3.22. The summed E-state index contributed by atoms with van der Waals surface area (Å²) in [7, 11) is -3.58. The van der Waals surface area contributed by atoms with Crippen molar-refractivity contribution >= 4 is 15.7 Å². The van der Waals surface area contributed by atoms with Crippen molar-refractivity contribution in [3.8, 4) is 0 Å². The second-order valence-electron chi connectivity index (χ2n) is 4.54. The van der Waals surface area contributed by atoms with Crippen LogP contribution in [0, 0.1) is 13.8 Å². The molecule has 108 valence electrons. The van der Waals surface area contributed by atoms with Crippen molar-refractivity contribution in [1.82, 2.24) is 19.9 Å². The number of hydrogen-bond acceptors (Lipinski definition) is 5. The predicted molar refractivity (Wildman–Crippen MR) is 75.6 cm³/mol. The van der Waals surface area contributed by atoms with Gasteiger partial charge in [-0.05, 0) is 37.1 Å². The predicted octanol–water partition coefficient (Wildman–Crippen LogP) is 0.525. The van der Waals surface area contributed by atoms with E-state index in [0.717, 1.165) is 5.56 Å². The molecule has 7 nitrogen and oxygen atoms in total. The van der Waals surface area contributed by atoms with Gasteiger partial charge in [0.15, 0.2) is 0 Å². The second kappa shape index (κ2) is 5.59. The standard InChI is InChI=1S/C12H17N5O2S/c1-8-5-10(13)6-11(9(8)2)20(18,19)16-4-3-12-14-7-15-17-12/h5-7,16H,3-4,13H2,1-2H3,(H,14,15,17). The number of sulfonamides is 1. The molecule has 0 bridgehead atoms. The first-order valence-corrected chi connectivity index (χ1v) is 7.59. The molecular weight excluding hydrogens is 278 g/mol. The molecule has 2 aromatic rings. The Morgan fingerprint density at radius 1 is 1.35 bits per heavy atom.